The van der Waals surface area contributed by atoms with E-state index in [2.05, 4.69) is 46.0 Å². The van der Waals surface area contributed by atoms with E-state index in [-0.39, 0.29) is 5.54 Å². The monoisotopic (exact) mass is 349 g/mol. The van der Waals surface area contributed by atoms with Gasteiger partial charge in [0, 0.05) is 25.8 Å². The zero-order chi connectivity index (χ0) is 18.0. The van der Waals surface area contributed by atoms with Crippen LogP contribution in [0, 0.1) is 6.92 Å². The molecule has 2 fully saturated rings. The van der Waals surface area contributed by atoms with Gasteiger partial charge in [-0.05, 0) is 56.3 Å². The zero-order valence-electron chi connectivity index (χ0n) is 15.5. The Balaban J connectivity index is 1.53. The van der Waals surface area contributed by atoms with Crippen molar-refractivity contribution in [3.8, 4) is 0 Å². The lowest BCUT2D eigenvalue weighted by molar-refractivity contribution is -0.148. The minimum absolute atomic E-state index is 0.317. The third-order valence-corrected chi connectivity index (χ3v) is 5.87. The Kier molecular flexibility index (Phi) is 4.77. The molecular formula is C22H27N3O. The van der Waals surface area contributed by atoms with Gasteiger partial charge in [0.2, 0.25) is 5.91 Å². The second-order valence-corrected chi connectivity index (χ2v) is 7.70. The molecule has 0 aliphatic carbocycles. The van der Waals surface area contributed by atoms with Crippen molar-refractivity contribution in [1.82, 2.24) is 14.8 Å². The molecule has 3 heterocycles. The molecule has 1 unspecified atom stereocenters. The fourth-order valence-electron chi connectivity index (χ4n) is 4.50. The van der Waals surface area contributed by atoms with E-state index >= 15 is 0 Å². The predicted octanol–water partition coefficient (Wildman–Crippen LogP) is 3.55. The molecule has 4 rings (SSSR count). The van der Waals surface area contributed by atoms with E-state index < -0.39 is 0 Å². The maximum atomic E-state index is 13.5. The zero-order valence-corrected chi connectivity index (χ0v) is 15.5. The average molecular weight is 349 g/mol. The number of hydrogen-bond acceptors (Lipinski definition) is 3. The van der Waals surface area contributed by atoms with E-state index in [1.165, 1.54) is 11.1 Å². The van der Waals surface area contributed by atoms with Gasteiger partial charge in [-0.15, -0.1) is 0 Å². The Labute approximate surface area is 155 Å². The summed E-state index contributed by atoms with van der Waals surface area (Å²) in [7, 11) is 0. The second-order valence-electron chi connectivity index (χ2n) is 7.70. The van der Waals surface area contributed by atoms with Gasteiger partial charge in [-0.25, -0.2) is 0 Å². The lowest BCUT2D eigenvalue weighted by Gasteiger charge is -2.44. The van der Waals surface area contributed by atoms with Gasteiger partial charge in [-0.1, -0.05) is 36.4 Å². The number of nitrogens with zero attached hydrogens (tertiary/aromatic N) is 3. The highest BCUT2D eigenvalue weighted by Crippen LogP contribution is 2.39. The van der Waals surface area contributed by atoms with Crippen molar-refractivity contribution in [2.75, 3.05) is 13.1 Å². The number of amides is 1. The van der Waals surface area contributed by atoms with Crippen LogP contribution in [0.3, 0.4) is 0 Å². The number of rotatable bonds is 4. The first-order chi connectivity index (χ1) is 12.7. The Morgan fingerprint density at radius 2 is 1.77 bits per heavy atom. The number of benzene rings is 1. The fourth-order valence-corrected chi connectivity index (χ4v) is 4.50. The predicted molar refractivity (Wildman–Crippen MR) is 102 cm³/mol. The second kappa shape index (κ2) is 7.20. The van der Waals surface area contributed by atoms with E-state index in [1.54, 1.807) is 0 Å². The van der Waals surface area contributed by atoms with E-state index in [1.807, 2.05) is 24.4 Å². The van der Waals surface area contributed by atoms with Crippen molar-refractivity contribution in [3.05, 3.63) is 65.5 Å². The molecule has 0 radical (unpaired) electrons. The van der Waals surface area contributed by atoms with Crippen molar-refractivity contribution in [2.45, 2.75) is 51.2 Å². The third kappa shape index (κ3) is 3.26. The van der Waals surface area contributed by atoms with Crippen molar-refractivity contribution < 1.29 is 4.79 Å². The van der Waals surface area contributed by atoms with Crippen molar-refractivity contribution in [1.29, 1.82) is 0 Å². The highest BCUT2D eigenvalue weighted by atomic mass is 16.2. The molecule has 26 heavy (non-hydrogen) atoms. The van der Waals surface area contributed by atoms with Crippen LogP contribution in [0.4, 0.5) is 0 Å². The first-order valence-electron chi connectivity index (χ1n) is 9.67. The first kappa shape index (κ1) is 17.2. The maximum absolute atomic E-state index is 13.5. The number of likely N-dealkylation sites (tertiary alicyclic amines) is 2. The van der Waals surface area contributed by atoms with Gasteiger partial charge in [-0.2, -0.15) is 0 Å². The normalized spacial score (nSPS) is 23.7. The minimum atomic E-state index is -0.320. The van der Waals surface area contributed by atoms with Crippen LogP contribution in [0.15, 0.2) is 48.7 Å². The number of aromatic nitrogens is 1. The van der Waals surface area contributed by atoms with E-state index in [4.69, 9.17) is 0 Å². The Bertz CT molecular complexity index is 759. The van der Waals surface area contributed by atoms with Gasteiger partial charge >= 0.3 is 0 Å². The number of pyridine rings is 1. The molecule has 2 aliphatic heterocycles. The molecule has 1 aromatic heterocycles. The summed E-state index contributed by atoms with van der Waals surface area (Å²) in [6.07, 6.45) is 6.04. The summed E-state index contributed by atoms with van der Waals surface area (Å²) in [5, 5.41) is 0. The van der Waals surface area contributed by atoms with Gasteiger partial charge in [0.1, 0.15) is 5.54 Å². The average Bonchev–Trinajstić information content (AvgIpc) is 3.05. The minimum Gasteiger partial charge on any atom is -0.337 e. The van der Waals surface area contributed by atoms with Crippen LogP contribution in [-0.4, -0.2) is 39.3 Å². The van der Waals surface area contributed by atoms with E-state index in [9.17, 15) is 4.79 Å². The number of piperidine rings is 1. The fraction of sp³-hybridized carbons (Fsp3) is 0.455. The quantitative estimate of drug-likeness (QED) is 0.847. The molecule has 0 bridgehead atoms. The maximum Gasteiger partial charge on any atom is 0.243 e. The molecule has 1 amide bonds. The molecule has 4 nitrogen and oxygen atoms in total. The molecule has 0 N–H and O–H groups in total. The van der Waals surface area contributed by atoms with Gasteiger partial charge in [0.15, 0.2) is 0 Å². The summed E-state index contributed by atoms with van der Waals surface area (Å²) < 4.78 is 0. The summed E-state index contributed by atoms with van der Waals surface area (Å²) in [6.45, 7) is 5.40. The summed E-state index contributed by atoms with van der Waals surface area (Å²) in [6, 6.07) is 14.5. The lowest BCUT2D eigenvalue weighted by atomic mass is 9.85. The summed E-state index contributed by atoms with van der Waals surface area (Å²) in [4.78, 5) is 22.5. The van der Waals surface area contributed by atoms with E-state index in [0.29, 0.717) is 5.91 Å². The number of aryl methyl sites for hydroxylation is 1. The van der Waals surface area contributed by atoms with Gasteiger partial charge in [0.25, 0.3) is 0 Å². The van der Waals surface area contributed by atoms with Crippen molar-refractivity contribution in [3.63, 3.8) is 0 Å². The summed E-state index contributed by atoms with van der Waals surface area (Å²) in [5.74, 6) is 0.317. The molecule has 1 aromatic carbocycles. The highest BCUT2D eigenvalue weighted by molar-refractivity contribution is 5.87. The van der Waals surface area contributed by atoms with Crippen LogP contribution in [-0.2, 0) is 17.9 Å². The topological polar surface area (TPSA) is 36.4 Å². The molecule has 4 heteroatoms. The van der Waals surface area contributed by atoms with Crippen LogP contribution in [0.5, 0.6) is 0 Å². The highest BCUT2D eigenvalue weighted by Gasteiger charge is 2.50. The summed E-state index contributed by atoms with van der Waals surface area (Å²) >= 11 is 0. The van der Waals surface area contributed by atoms with Crippen LogP contribution in [0.25, 0.3) is 0 Å². The molecule has 1 atom stereocenters. The summed E-state index contributed by atoms with van der Waals surface area (Å²) in [5.41, 5.74) is 3.12. The van der Waals surface area contributed by atoms with Crippen molar-refractivity contribution in [2.24, 2.45) is 0 Å². The van der Waals surface area contributed by atoms with Crippen LogP contribution in [0.2, 0.25) is 0 Å². The largest absolute Gasteiger partial charge is 0.337 e. The smallest absolute Gasteiger partial charge is 0.243 e. The van der Waals surface area contributed by atoms with Gasteiger partial charge < -0.3 is 4.90 Å². The molecular weight excluding hydrogens is 322 g/mol. The van der Waals surface area contributed by atoms with E-state index in [0.717, 1.165) is 57.6 Å². The van der Waals surface area contributed by atoms with Crippen LogP contribution >= 0.6 is 0 Å². The molecule has 2 aliphatic rings. The van der Waals surface area contributed by atoms with Gasteiger partial charge in [0.05, 0.1) is 5.69 Å². The van der Waals surface area contributed by atoms with Crippen LogP contribution in [0.1, 0.15) is 42.5 Å². The number of hydrogen-bond donors (Lipinski definition) is 0. The standard InChI is InChI=1S/C22H27N3O/c1-18-9-10-20(23-15-18)17-25-14-6-12-22(25)11-5-13-24(21(22)26)16-19-7-3-2-4-8-19/h2-4,7-10,15H,5-6,11-14,16-17H2,1H3. The van der Waals surface area contributed by atoms with Crippen molar-refractivity contribution >= 4 is 5.91 Å². The Morgan fingerprint density at radius 3 is 2.50 bits per heavy atom. The Hall–Kier alpha value is -2.20. The SMILES string of the molecule is Cc1ccc(CN2CCCC23CCCN(Cc2ccccc2)C3=O)nc1. The molecule has 0 saturated carbocycles. The molecule has 136 valence electrons. The molecule has 2 saturated heterocycles. The van der Waals surface area contributed by atoms with Crippen LogP contribution < -0.4 is 0 Å². The Morgan fingerprint density at radius 1 is 1.00 bits per heavy atom. The molecule has 1 spiro atoms. The lowest BCUT2D eigenvalue weighted by Crippen LogP contribution is -2.59. The number of carbonyl (C=O) groups excluding carboxylic acids is 1. The van der Waals surface area contributed by atoms with Gasteiger partial charge in [-0.3, -0.25) is 14.7 Å². The number of carbonyl (C=O) groups is 1. The first-order valence-corrected chi connectivity index (χ1v) is 9.67. The molecule has 2 aromatic rings. The third-order valence-electron chi connectivity index (χ3n) is 5.87.